The molecule has 1 N–H and O–H groups in total. The van der Waals surface area contributed by atoms with Crippen molar-refractivity contribution in [2.24, 2.45) is 0 Å². The fourth-order valence-corrected chi connectivity index (χ4v) is 4.62. The average Bonchev–Trinajstić information content (AvgIpc) is 2.62. The van der Waals surface area contributed by atoms with E-state index < -0.39 is 0 Å². The number of hydrogen-bond donors (Lipinski definition) is 1. The van der Waals surface area contributed by atoms with Gasteiger partial charge in [-0.2, -0.15) is 0 Å². The van der Waals surface area contributed by atoms with Crippen molar-refractivity contribution in [3.8, 4) is 16.3 Å². The first kappa shape index (κ1) is 16.8. The third-order valence-corrected chi connectivity index (χ3v) is 5.90. The third kappa shape index (κ3) is 2.59. The Morgan fingerprint density at radius 3 is 2.58 bits per heavy atom. The number of nitrogens with zero attached hydrogens (tertiary/aromatic N) is 2. The Labute approximate surface area is 155 Å². The van der Waals surface area contributed by atoms with Gasteiger partial charge in [0.2, 0.25) is 0 Å². The van der Waals surface area contributed by atoms with Crippen LogP contribution in [0.3, 0.4) is 0 Å². The van der Waals surface area contributed by atoms with Crippen molar-refractivity contribution in [3.05, 3.63) is 52.2 Å². The molecule has 0 radical (unpaired) electrons. The molecule has 0 fully saturated rings. The number of aromatic nitrogens is 1. The molecular formula is C21H20N2O2S. The zero-order valence-corrected chi connectivity index (χ0v) is 15.9. The molecule has 0 amide bonds. The summed E-state index contributed by atoms with van der Waals surface area (Å²) in [5.74, 6) is 0.0958. The summed E-state index contributed by atoms with van der Waals surface area (Å²) < 4.78 is 1.08. The van der Waals surface area contributed by atoms with Crippen LogP contribution in [0.5, 0.6) is 5.75 Å². The van der Waals surface area contributed by atoms with E-state index in [9.17, 15) is 9.90 Å². The molecule has 5 heteroatoms. The molecule has 0 aromatic heterocycles. The highest BCUT2D eigenvalue weighted by atomic mass is 32.1. The highest BCUT2D eigenvalue weighted by molar-refractivity contribution is 7.21. The number of anilines is 1. The average molecular weight is 364 g/mol. The Morgan fingerprint density at radius 1 is 1.08 bits per heavy atom. The number of rotatable bonds is 3. The summed E-state index contributed by atoms with van der Waals surface area (Å²) in [6.07, 6.45) is 0. The van der Waals surface area contributed by atoms with Crippen LogP contribution in [-0.4, -0.2) is 23.2 Å². The second kappa shape index (κ2) is 6.25. The van der Waals surface area contributed by atoms with Crippen molar-refractivity contribution in [1.29, 1.82) is 0 Å². The van der Waals surface area contributed by atoms with E-state index in [0.29, 0.717) is 5.39 Å². The van der Waals surface area contributed by atoms with Gasteiger partial charge in [0.15, 0.2) is 5.43 Å². The maximum absolute atomic E-state index is 12.5. The van der Waals surface area contributed by atoms with Gasteiger partial charge in [0.1, 0.15) is 5.75 Å². The third-order valence-electron chi connectivity index (χ3n) is 4.84. The van der Waals surface area contributed by atoms with Crippen molar-refractivity contribution in [2.45, 2.75) is 20.8 Å². The van der Waals surface area contributed by atoms with Crippen molar-refractivity contribution in [1.82, 2.24) is 4.98 Å². The van der Waals surface area contributed by atoms with E-state index in [1.165, 1.54) is 11.8 Å². The summed E-state index contributed by atoms with van der Waals surface area (Å²) in [5, 5.41) is 11.0. The summed E-state index contributed by atoms with van der Waals surface area (Å²) in [7, 11) is 0. The Balaban J connectivity index is 2.07. The van der Waals surface area contributed by atoms with Gasteiger partial charge in [-0.25, -0.2) is 4.98 Å². The summed E-state index contributed by atoms with van der Waals surface area (Å²) >= 11 is 1.60. The maximum Gasteiger partial charge on any atom is 0.188 e. The number of phenols is 1. The van der Waals surface area contributed by atoms with E-state index in [4.69, 9.17) is 4.98 Å². The van der Waals surface area contributed by atoms with E-state index in [-0.39, 0.29) is 11.2 Å². The first-order valence-electron chi connectivity index (χ1n) is 8.77. The van der Waals surface area contributed by atoms with Crippen molar-refractivity contribution in [2.75, 3.05) is 18.0 Å². The van der Waals surface area contributed by atoms with Gasteiger partial charge in [0.05, 0.1) is 20.8 Å². The topological polar surface area (TPSA) is 53.4 Å². The molecule has 4 nitrogen and oxygen atoms in total. The van der Waals surface area contributed by atoms with Gasteiger partial charge in [0.25, 0.3) is 0 Å². The molecular weight excluding hydrogens is 344 g/mol. The lowest BCUT2D eigenvalue weighted by Crippen LogP contribution is -2.21. The van der Waals surface area contributed by atoms with Gasteiger partial charge < -0.3 is 10.0 Å². The summed E-state index contributed by atoms with van der Waals surface area (Å²) in [6.45, 7) is 8.28. The number of fused-ring (bicyclic) bond motifs is 4. The van der Waals surface area contributed by atoms with E-state index in [1.807, 2.05) is 0 Å². The molecule has 0 bridgehead atoms. The molecule has 0 atom stereocenters. The highest BCUT2D eigenvalue weighted by Gasteiger charge is 2.16. The monoisotopic (exact) mass is 364 g/mol. The fraction of sp³-hybridized carbons (Fsp3) is 0.238. The van der Waals surface area contributed by atoms with E-state index in [1.54, 1.807) is 29.5 Å². The Kier molecular flexibility index (Phi) is 4.04. The Bertz CT molecular complexity index is 1160. The lowest BCUT2D eigenvalue weighted by molar-refractivity contribution is 0.476. The van der Waals surface area contributed by atoms with Gasteiger partial charge in [-0.1, -0.05) is 0 Å². The number of aryl methyl sites for hydroxylation is 1. The minimum Gasteiger partial charge on any atom is -0.508 e. The number of phenolic OH excluding ortho intramolecular Hbond substituents is 1. The van der Waals surface area contributed by atoms with Crippen LogP contribution >= 0.6 is 11.3 Å². The lowest BCUT2D eigenvalue weighted by atomic mass is 10.1. The van der Waals surface area contributed by atoms with Crippen LogP contribution in [0.4, 0.5) is 5.69 Å². The second-order valence-electron chi connectivity index (χ2n) is 6.45. The minimum atomic E-state index is -0.0857. The Morgan fingerprint density at radius 2 is 1.85 bits per heavy atom. The maximum atomic E-state index is 12.5. The molecule has 2 aromatic carbocycles. The molecule has 0 saturated heterocycles. The largest absolute Gasteiger partial charge is 0.508 e. The molecule has 2 aliphatic rings. The number of aromatic hydroxyl groups is 1. The SMILES string of the molecule is CCN(CC)c1cc(C)c2nc3c4ccc(O)cc4c(=O)cc-3sc2c1. The number of benzene rings is 3. The van der Waals surface area contributed by atoms with Crippen molar-refractivity contribution < 1.29 is 5.11 Å². The lowest BCUT2D eigenvalue weighted by Gasteiger charge is -2.22. The zero-order valence-electron chi connectivity index (χ0n) is 15.0. The molecule has 2 aromatic rings. The molecule has 26 heavy (non-hydrogen) atoms. The predicted octanol–water partition coefficient (Wildman–Crippen LogP) is 4.77. The van der Waals surface area contributed by atoms with Gasteiger partial charge >= 0.3 is 0 Å². The molecule has 4 rings (SSSR count). The van der Waals surface area contributed by atoms with E-state index in [0.717, 1.165) is 44.8 Å². The molecule has 1 aliphatic carbocycles. The molecule has 1 heterocycles. The van der Waals surface area contributed by atoms with E-state index >= 15 is 0 Å². The summed E-state index contributed by atoms with van der Waals surface area (Å²) in [6, 6.07) is 10.9. The minimum absolute atomic E-state index is 0.0857. The first-order chi connectivity index (χ1) is 12.5. The van der Waals surface area contributed by atoms with Gasteiger partial charge in [-0.3, -0.25) is 4.79 Å². The number of hydrogen-bond acceptors (Lipinski definition) is 5. The quantitative estimate of drug-likeness (QED) is 0.420. The van der Waals surface area contributed by atoms with Crippen LogP contribution < -0.4 is 10.3 Å². The van der Waals surface area contributed by atoms with Crippen LogP contribution in [0, 0.1) is 6.92 Å². The predicted molar refractivity (Wildman–Crippen MR) is 110 cm³/mol. The fourth-order valence-electron chi connectivity index (χ4n) is 3.49. The smallest absolute Gasteiger partial charge is 0.188 e. The molecule has 0 unspecified atom stereocenters. The summed E-state index contributed by atoms with van der Waals surface area (Å²) in [4.78, 5) is 20.6. The standard InChI is InChI=1S/C21H20N2O2S/c1-4-23(5-2)13-8-12(3)20-18(9-13)26-19-11-17(25)16-10-14(24)6-7-15(16)21(19)22-20/h6-11,24H,4-5H2,1-3H3. The molecule has 0 saturated carbocycles. The van der Waals surface area contributed by atoms with Crippen LogP contribution in [0.15, 0.2) is 41.2 Å². The normalized spacial score (nSPS) is 11.5. The second-order valence-corrected chi connectivity index (χ2v) is 7.53. The molecule has 0 spiro atoms. The van der Waals surface area contributed by atoms with Gasteiger partial charge in [-0.05, 0) is 56.7 Å². The molecule has 1 aliphatic heterocycles. The Hall–Kier alpha value is -2.66. The summed E-state index contributed by atoms with van der Waals surface area (Å²) in [5.41, 5.74) is 4.01. The van der Waals surface area contributed by atoms with E-state index in [2.05, 4.69) is 37.8 Å². The highest BCUT2D eigenvalue weighted by Crippen LogP contribution is 2.37. The molecule has 132 valence electrons. The van der Waals surface area contributed by atoms with Crippen LogP contribution in [0.2, 0.25) is 0 Å². The van der Waals surface area contributed by atoms with Crippen molar-refractivity contribution in [3.63, 3.8) is 0 Å². The van der Waals surface area contributed by atoms with Crippen LogP contribution in [0.1, 0.15) is 19.4 Å². The first-order valence-corrected chi connectivity index (χ1v) is 9.59. The van der Waals surface area contributed by atoms with Crippen molar-refractivity contribution >= 4 is 38.0 Å². The van der Waals surface area contributed by atoms with Crippen LogP contribution in [0.25, 0.3) is 31.6 Å². The van der Waals surface area contributed by atoms with Gasteiger partial charge in [0, 0.05) is 35.6 Å². The van der Waals surface area contributed by atoms with Crippen LogP contribution in [-0.2, 0) is 0 Å². The zero-order chi connectivity index (χ0) is 18.4. The van der Waals surface area contributed by atoms with Gasteiger partial charge in [-0.15, -0.1) is 11.3 Å².